The lowest BCUT2D eigenvalue weighted by Gasteiger charge is -2.41. The molecular formula is C35H43ClF3N7O4. The summed E-state index contributed by atoms with van der Waals surface area (Å²) in [4.78, 5) is 61.1. The first-order chi connectivity index (χ1) is 24.0. The maximum absolute atomic E-state index is 13.9. The van der Waals surface area contributed by atoms with E-state index in [1.54, 1.807) is 14.7 Å². The van der Waals surface area contributed by atoms with Gasteiger partial charge in [0.2, 0.25) is 11.8 Å². The predicted molar refractivity (Wildman–Crippen MR) is 183 cm³/mol. The number of para-hydroxylation sites is 1. The van der Waals surface area contributed by atoms with Crippen molar-refractivity contribution in [3.63, 3.8) is 0 Å². The normalized spacial score (nSPS) is 20.2. The van der Waals surface area contributed by atoms with Gasteiger partial charge in [0.05, 0.1) is 22.7 Å². The van der Waals surface area contributed by atoms with Gasteiger partial charge in [0, 0.05) is 50.5 Å². The first-order valence-electron chi connectivity index (χ1n) is 17.4. The molecule has 3 fully saturated rings. The van der Waals surface area contributed by atoms with Gasteiger partial charge in [-0.05, 0) is 81.4 Å². The number of hydrogen-bond acceptors (Lipinski definition) is 5. The minimum Gasteiger partial charge on any atom is -0.342 e. The van der Waals surface area contributed by atoms with Gasteiger partial charge in [-0.15, -0.1) is 0 Å². The number of halogens is 4. The molecule has 3 saturated heterocycles. The highest BCUT2D eigenvalue weighted by molar-refractivity contribution is 6.33. The van der Waals surface area contributed by atoms with Gasteiger partial charge in [-0.1, -0.05) is 36.2 Å². The van der Waals surface area contributed by atoms with Gasteiger partial charge in [-0.25, -0.2) is 9.59 Å². The molecule has 0 unspecified atom stereocenters. The standard InChI is InChI=1S/C35H43ClF3N7O4/c36-27-9-8-24(35(37,38)39)20-29(27)40-33(49)41-30(32(48)45-18-10-25(11-19-45)43-14-4-1-5-15-43)21-31(47)44-16-12-26(13-17-44)46-22-23-6-2-3-7-28(23)42-34(46)50/h2-3,6-9,20,25-26,30H,1,4-5,10-19,21-22H2,(H,42,50)(H2,40,41,49)/t30-/m0/s1. The van der Waals surface area contributed by atoms with E-state index in [0.29, 0.717) is 51.6 Å². The van der Waals surface area contributed by atoms with Crippen LogP contribution in [0.15, 0.2) is 42.5 Å². The molecule has 3 N–H and O–H groups in total. The summed E-state index contributed by atoms with van der Waals surface area (Å²) in [6.07, 6.45) is 1.22. The van der Waals surface area contributed by atoms with Gasteiger partial charge in [0.15, 0.2) is 0 Å². The zero-order valence-corrected chi connectivity index (χ0v) is 28.6. The number of alkyl halides is 3. The fourth-order valence-corrected chi connectivity index (χ4v) is 7.68. The highest BCUT2D eigenvalue weighted by atomic mass is 35.5. The number of nitrogens with one attached hydrogen (secondary N) is 3. The van der Waals surface area contributed by atoms with Crippen molar-refractivity contribution in [2.24, 2.45) is 0 Å². The SMILES string of the molecule is O=C(Nc1cc(C(F)(F)F)ccc1Cl)N[C@@H](CC(=O)N1CCC(N2Cc3ccccc3NC2=O)CC1)C(=O)N1CCC(N2CCCCC2)CC1. The maximum atomic E-state index is 13.9. The van der Waals surface area contributed by atoms with Crippen molar-refractivity contribution in [2.45, 2.75) is 82.2 Å². The van der Waals surface area contributed by atoms with E-state index in [0.717, 1.165) is 68.2 Å². The van der Waals surface area contributed by atoms with Gasteiger partial charge in [-0.2, -0.15) is 13.2 Å². The van der Waals surface area contributed by atoms with Gasteiger partial charge in [0.25, 0.3) is 0 Å². The number of rotatable bonds is 7. The molecule has 15 heteroatoms. The molecule has 2 aromatic rings. The second kappa shape index (κ2) is 15.5. The molecule has 50 heavy (non-hydrogen) atoms. The Balaban J connectivity index is 1.10. The molecule has 0 aromatic heterocycles. The van der Waals surface area contributed by atoms with Crippen molar-refractivity contribution >= 4 is 46.9 Å². The van der Waals surface area contributed by atoms with E-state index >= 15 is 0 Å². The molecule has 4 aliphatic rings. The summed E-state index contributed by atoms with van der Waals surface area (Å²) in [6, 6.07) is 8.11. The van der Waals surface area contributed by atoms with Crippen molar-refractivity contribution in [3.8, 4) is 0 Å². The maximum Gasteiger partial charge on any atom is 0.416 e. The molecule has 6 amide bonds. The first kappa shape index (κ1) is 35.8. The molecular weight excluding hydrogens is 675 g/mol. The largest absolute Gasteiger partial charge is 0.416 e. The number of hydrogen-bond donors (Lipinski definition) is 3. The van der Waals surface area contributed by atoms with E-state index < -0.39 is 29.7 Å². The molecule has 11 nitrogen and oxygen atoms in total. The molecule has 0 saturated carbocycles. The number of likely N-dealkylation sites (tertiary alicyclic amines) is 3. The smallest absolute Gasteiger partial charge is 0.342 e. The monoisotopic (exact) mass is 717 g/mol. The van der Waals surface area contributed by atoms with Crippen LogP contribution in [-0.4, -0.2) is 101 Å². The van der Waals surface area contributed by atoms with Crippen LogP contribution in [0.5, 0.6) is 0 Å². The molecule has 0 bridgehead atoms. The van der Waals surface area contributed by atoms with Crippen LogP contribution in [0.1, 0.15) is 62.5 Å². The predicted octanol–water partition coefficient (Wildman–Crippen LogP) is 5.75. The number of nitrogens with zero attached hydrogens (tertiary/aromatic N) is 4. The Bertz CT molecular complexity index is 1570. The van der Waals surface area contributed by atoms with Crippen LogP contribution in [0.3, 0.4) is 0 Å². The lowest BCUT2D eigenvalue weighted by atomic mass is 9.98. The average Bonchev–Trinajstić information content (AvgIpc) is 3.11. The summed E-state index contributed by atoms with van der Waals surface area (Å²) >= 11 is 6.10. The molecule has 1 atom stereocenters. The number of anilines is 2. The summed E-state index contributed by atoms with van der Waals surface area (Å²) in [5, 5.41) is 7.73. The molecule has 4 heterocycles. The molecule has 270 valence electrons. The highest BCUT2D eigenvalue weighted by Gasteiger charge is 2.37. The minimum absolute atomic E-state index is 0.0767. The third kappa shape index (κ3) is 8.45. The van der Waals surface area contributed by atoms with Gasteiger partial charge in [-0.3, -0.25) is 9.59 Å². The Kier molecular flexibility index (Phi) is 11.1. The minimum atomic E-state index is -4.65. The van der Waals surface area contributed by atoms with Gasteiger partial charge >= 0.3 is 18.2 Å². The van der Waals surface area contributed by atoms with Crippen LogP contribution in [0.4, 0.5) is 34.1 Å². The summed E-state index contributed by atoms with van der Waals surface area (Å²) < 4.78 is 40.0. The fraction of sp³-hybridized carbons (Fsp3) is 0.543. The molecule has 0 radical (unpaired) electrons. The van der Waals surface area contributed by atoms with Crippen LogP contribution in [0, 0.1) is 0 Å². The lowest BCUT2D eigenvalue weighted by molar-refractivity contribution is -0.140. The second-order valence-electron chi connectivity index (χ2n) is 13.5. The van der Waals surface area contributed by atoms with E-state index in [1.165, 1.54) is 6.42 Å². The Labute approximate surface area is 294 Å². The molecule has 6 rings (SSSR count). The number of urea groups is 2. The second-order valence-corrected chi connectivity index (χ2v) is 13.9. The summed E-state index contributed by atoms with van der Waals surface area (Å²) in [5.41, 5.74) is 0.541. The first-order valence-corrected chi connectivity index (χ1v) is 17.7. The van der Waals surface area contributed by atoms with Crippen molar-refractivity contribution in [1.29, 1.82) is 0 Å². The van der Waals surface area contributed by atoms with E-state index in [4.69, 9.17) is 11.6 Å². The summed E-state index contributed by atoms with van der Waals surface area (Å²) in [6.45, 7) is 4.23. The summed E-state index contributed by atoms with van der Waals surface area (Å²) in [7, 11) is 0. The summed E-state index contributed by atoms with van der Waals surface area (Å²) in [5.74, 6) is -0.755. The van der Waals surface area contributed by atoms with E-state index in [-0.39, 0.29) is 35.1 Å². The number of benzene rings is 2. The molecule has 4 aliphatic heterocycles. The molecule has 0 aliphatic carbocycles. The van der Waals surface area contributed by atoms with Crippen LogP contribution >= 0.6 is 11.6 Å². The third-order valence-electron chi connectivity index (χ3n) is 10.3. The topological polar surface area (TPSA) is 117 Å². The molecule has 0 spiro atoms. The number of piperidine rings is 3. The zero-order valence-electron chi connectivity index (χ0n) is 27.8. The quantitative estimate of drug-likeness (QED) is 0.337. The Morgan fingerprint density at radius 3 is 2.24 bits per heavy atom. The number of carbonyl (C=O) groups excluding carboxylic acids is 4. The van der Waals surface area contributed by atoms with Crippen LogP contribution in [0.2, 0.25) is 5.02 Å². The third-order valence-corrected chi connectivity index (χ3v) is 10.7. The van der Waals surface area contributed by atoms with Crippen LogP contribution < -0.4 is 16.0 Å². The number of fused-ring (bicyclic) bond motifs is 1. The van der Waals surface area contributed by atoms with Crippen molar-refractivity contribution < 1.29 is 32.3 Å². The Hall–Kier alpha value is -4.04. The van der Waals surface area contributed by atoms with Crippen molar-refractivity contribution in [1.82, 2.24) is 24.9 Å². The molecule has 2 aromatic carbocycles. The number of carbonyl (C=O) groups is 4. The van der Waals surface area contributed by atoms with E-state index in [9.17, 15) is 32.3 Å². The average molecular weight is 718 g/mol. The Morgan fingerprint density at radius 2 is 1.54 bits per heavy atom. The van der Waals surface area contributed by atoms with Crippen molar-refractivity contribution in [3.05, 3.63) is 58.6 Å². The lowest BCUT2D eigenvalue weighted by Crippen LogP contribution is -2.56. The van der Waals surface area contributed by atoms with Crippen molar-refractivity contribution in [2.75, 3.05) is 49.9 Å². The fourth-order valence-electron chi connectivity index (χ4n) is 7.52. The van der Waals surface area contributed by atoms with Gasteiger partial charge < -0.3 is 35.6 Å². The number of amides is 6. The van der Waals surface area contributed by atoms with E-state index in [2.05, 4.69) is 20.9 Å². The zero-order chi connectivity index (χ0) is 35.4. The van der Waals surface area contributed by atoms with Crippen LogP contribution in [0.25, 0.3) is 0 Å². The highest BCUT2D eigenvalue weighted by Crippen LogP contribution is 2.34. The Morgan fingerprint density at radius 1 is 0.880 bits per heavy atom. The van der Waals surface area contributed by atoms with Gasteiger partial charge in [0.1, 0.15) is 6.04 Å². The van der Waals surface area contributed by atoms with Crippen LogP contribution in [-0.2, 0) is 22.3 Å². The van der Waals surface area contributed by atoms with E-state index in [1.807, 2.05) is 24.3 Å².